The van der Waals surface area contributed by atoms with Gasteiger partial charge in [0.25, 0.3) is 0 Å². The predicted octanol–water partition coefficient (Wildman–Crippen LogP) is 3.68. The van der Waals surface area contributed by atoms with Gasteiger partial charge in [-0.1, -0.05) is 20.8 Å². The highest BCUT2D eigenvalue weighted by molar-refractivity contribution is 9.10. The van der Waals surface area contributed by atoms with Crippen molar-refractivity contribution in [2.75, 3.05) is 5.32 Å². The normalized spacial score (nSPS) is 13.2. The summed E-state index contributed by atoms with van der Waals surface area (Å²) in [6.45, 7) is 6.26. The number of carbonyl (C=O) groups excluding carboxylic acids is 1. The van der Waals surface area contributed by atoms with Crippen molar-refractivity contribution in [3.8, 4) is 0 Å². The molecule has 0 spiro atoms. The average Bonchev–Trinajstić information content (AvgIpc) is 2.20. The number of nitrogens with one attached hydrogen (secondary N) is 1. The molecule has 19 heavy (non-hydrogen) atoms. The van der Waals surface area contributed by atoms with Crippen molar-refractivity contribution < 1.29 is 9.18 Å². The van der Waals surface area contributed by atoms with Crippen LogP contribution in [0, 0.1) is 11.2 Å². The van der Waals surface area contributed by atoms with E-state index >= 15 is 0 Å². The number of amides is 1. The van der Waals surface area contributed by atoms with Crippen molar-refractivity contribution in [1.29, 1.82) is 0 Å². The lowest BCUT2D eigenvalue weighted by Crippen LogP contribution is -2.31. The van der Waals surface area contributed by atoms with E-state index in [9.17, 15) is 9.18 Å². The van der Waals surface area contributed by atoms with Gasteiger partial charge in [-0.3, -0.25) is 4.79 Å². The number of rotatable bonds is 4. The van der Waals surface area contributed by atoms with Gasteiger partial charge in [-0.15, -0.1) is 0 Å². The van der Waals surface area contributed by atoms with Crippen LogP contribution in [0.2, 0.25) is 0 Å². The van der Waals surface area contributed by atoms with Crippen LogP contribution in [0.3, 0.4) is 0 Å². The molecule has 0 aromatic heterocycles. The van der Waals surface area contributed by atoms with Crippen molar-refractivity contribution in [2.45, 2.75) is 39.7 Å². The van der Waals surface area contributed by atoms with E-state index in [0.29, 0.717) is 10.2 Å². The molecule has 0 aliphatic heterocycles. The number of hydrogen-bond donors (Lipinski definition) is 2. The Morgan fingerprint density at radius 2 is 2.11 bits per heavy atom. The topological polar surface area (TPSA) is 55.1 Å². The summed E-state index contributed by atoms with van der Waals surface area (Å²) in [4.78, 5) is 11.8. The van der Waals surface area contributed by atoms with Crippen molar-refractivity contribution in [2.24, 2.45) is 11.1 Å². The summed E-state index contributed by atoms with van der Waals surface area (Å²) in [7, 11) is 0. The molecule has 0 saturated carbocycles. The largest absolute Gasteiger partial charge is 0.327 e. The van der Waals surface area contributed by atoms with Crippen LogP contribution in [0.1, 0.15) is 33.6 Å². The first-order chi connectivity index (χ1) is 8.67. The van der Waals surface area contributed by atoms with E-state index in [2.05, 4.69) is 42.0 Å². The molecule has 1 unspecified atom stereocenters. The molecule has 0 aliphatic rings. The number of carbonyl (C=O) groups is 1. The summed E-state index contributed by atoms with van der Waals surface area (Å²) in [6.07, 6.45) is 1.03. The molecule has 1 atom stereocenters. The summed E-state index contributed by atoms with van der Waals surface area (Å²) in [6, 6.07) is 4.17. The first-order valence-electron chi connectivity index (χ1n) is 6.18. The summed E-state index contributed by atoms with van der Waals surface area (Å²) >= 11 is 3.08. The third kappa shape index (κ3) is 6.16. The minimum atomic E-state index is -0.359. The molecule has 0 fully saturated rings. The van der Waals surface area contributed by atoms with Crippen LogP contribution in [-0.4, -0.2) is 11.9 Å². The van der Waals surface area contributed by atoms with Gasteiger partial charge in [0.2, 0.25) is 5.91 Å². The van der Waals surface area contributed by atoms with E-state index in [1.54, 1.807) is 0 Å². The maximum absolute atomic E-state index is 13.1. The van der Waals surface area contributed by atoms with Crippen LogP contribution in [0.5, 0.6) is 0 Å². The number of nitrogens with two attached hydrogens (primary N) is 1. The van der Waals surface area contributed by atoms with Gasteiger partial charge < -0.3 is 11.1 Å². The van der Waals surface area contributed by atoms with E-state index in [0.717, 1.165) is 6.42 Å². The Balaban J connectivity index is 2.53. The molecular weight excluding hydrogens is 311 g/mol. The third-order valence-corrected chi connectivity index (χ3v) is 3.13. The van der Waals surface area contributed by atoms with Gasteiger partial charge in [0.05, 0.1) is 4.47 Å². The number of hydrogen-bond acceptors (Lipinski definition) is 2. The lowest BCUT2D eigenvalue weighted by molar-refractivity contribution is -0.116. The number of benzene rings is 1. The fourth-order valence-corrected chi connectivity index (χ4v) is 2.26. The quantitative estimate of drug-likeness (QED) is 0.884. The second-order valence-corrected chi connectivity index (χ2v) is 6.76. The Bertz CT molecular complexity index is 457. The standard InChI is InChI=1S/C14H20BrFN2O/c1-14(2,3)8-9(17)6-13(19)18-10-4-5-12(16)11(15)7-10/h4-5,7,9H,6,8,17H2,1-3H3,(H,18,19). The van der Waals surface area contributed by atoms with Gasteiger partial charge in [-0.25, -0.2) is 4.39 Å². The van der Waals surface area contributed by atoms with Crippen molar-refractivity contribution in [1.82, 2.24) is 0 Å². The maximum Gasteiger partial charge on any atom is 0.225 e. The fourth-order valence-electron chi connectivity index (χ4n) is 1.88. The Morgan fingerprint density at radius 1 is 1.47 bits per heavy atom. The van der Waals surface area contributed by atoms with Gasteiger partial charge in [-0.05, 0) is 46.0 Å². The van der Waals surface area contributed by atoms with Gasteiger partial charge in [0.15, 0.2) is 0 Å². The Hall–Kier alpha value is -0.940. The molecule has 3 nitrogen and oxygen atoms in total. The summed E-state index contributed by atoms with van der Waals surface area (Å²) in [5.41, 5.74) is 6.59. The average molecular weight is 331 g/mol. The number of halogens is 2. The van der Waals surface area contributed by atoms with Crippen LogP contribution in [0.4, 0.5) is 10.1 Å². The second-order valence-electron chi connectivity index (χ2n) is 5.91. The van der Waals surface area contributed by atoms with E-state index in [-0.39, 0.29) is 29.6 Å². The van der Waals surface area contributed by atoms with Crippen LogP contribution in [0.15, 0.2) is 22.7 Å². The zero-order chi connectivity index (χ0) is 14.6. The molecule has 1 rings (SSSR count). The van der Waals surface area contributed by atoms with Gasteiger partial charge in [0, 0.05) is 18.2 Å². The van der Waals surface area contributed by atoms with Crippen molar-refractivity contribution >= 4 is 27.5 Å². The molecule has 1 amide bonds. The Morgan fingerprint density at radius 3 is 2.63 bits per heavy atom. The first-order valence-corrected chi connectivity index (χ1v) is 6.97. The van der Waals surface area contributed by atoms with Crippen LogP contribution >= 0.6 is 15.9 Å². The summed E-state index contributed by atoms with van der Waals surface area (Å²) in [5.74, 6) is -0.516. The monoisotopic (exact) mass is 330 g/mol. The minimum absolute atomic E-state index is 0.0958. The summed E-state index contributed by atoms with van der Waals surface area (Å²) in [5, 5.41) is 2.71. The van der Waals surface area contributed by atoms with Crippen LogP contribution in [0.25, 0.3) is 0 Å². The highest BCUT2D eigenvalue weighted by Gasteiger charge is 2.18. The van der Waals surface area contributed by atoms with Crippen molar-refractivity contribution in [3.63, 3.8) is 0 Å². The molecule has 1 aromatic rings. The fraction of sp³-hybridized carbons (Fsp3) is 0.500. The molecule has 0 saturated heterocycles. The second kappa shape index (κ2) is 6.48. The zero-order valence-corrected chi connectivity index (χ0v) is 13.1. The predicted molar refractivity (Wildman–Crippen MR) is 79.4 cm³/mol. The SMILES string of the molecule is CC(C)(C)CC(N)CC(=O)Nc1ccc(F)c(Br)c1. The van der Waals surface area contributed by atoms with Crippen LogP contribution in [-0.2, 0) is 4.79 Å². The van der Waals surface area contributed by atoms with Crippen LogP contribution < -0.4 is 11.1 Å². The molecule has 0 bridgehead atoms. The molecule has 0 aliphatic carbocycles. The Labute approximate surface area is 121 Å². The highest BCUT2D eigenvalue weighted by atomic mass is 79.9. The highest BCUT2D eigenvalue weighted by Crippen LogP contribution is 2.22. The molecule has 0 radical (unpaired) electrons. The number of anilines is 1. The van der Waals surface area contributed by atoms with E-state index in [1.165, 1.54) is 18.2 Å². The third-order valence-electron chi connectivity index (χ3n) is 2.53. The molecule has 0 heterocycles. The first kappa shape index (κ1) is 16.1. The smallest absolute Gasteiger partial charge is 0.225 e. The summed E-state index contributed by atoms with van der Waals surface area (Å²) < 4.78 is 13.4. The zero-order valence-electron chi connectivity index (χ0n) is 11.5. The van der Waals surface area contributed by atoms with E-state index < -0.39 is 0 Å². The maximum atomic E-state index is 13.1. The van der Waals surface area contributed by atoms with Gasteiger partial charge >= 0.3 is 0 Å². The van der Waals surface area contributed by atoms with Gasteiger partial charge in [0.1, 0.15) is 5.82 Å². The van der Waals surface area contributed by atoms with E-state index in [4.69, 9.17) is 5.73 Å². The lowest BCUT2D eigenvalue weighted by Gasteiger charge is -2.22. The molecule has 106 valence electrons. The molecule has 1 aromatic carbocycles. The minimum Gasteiger partial charge on any atom is -0.327 e. The molecular formula is C14H20BrFN2O. The lowest BCUT2D eigenvalue weighted by atomic mass is 9.87. The van der Waals surface area contributed by atoms with Gasteiger partial charge in [-0.2, -0.15) is 0 Å². The molecule has 5 heteroatoms. The van der Waals surface area contributed by atoms with E-state index in [1.807, 2.05) is 0 Å². The van der Waals surface area contributed by atoms with Crippen molar-refractivity contribution in [3.05, 3.63) is 28.5 Å². The Kier molecular flexibility index (Phi) is 5.50. The molecule has 3 N–H and O–H groups in total.